The van der Waals surface area contributed by atoms with Crippen molar-refractivity contribution in [2.45, 2.75) is 25.4 Å². The van der Waals surface area contributed by atoms with Crippen molar-refractivity contribution in [3.8, 4) is 0 Å². The van der Waals surface area contributed by atoms with Gasteiger partial charge in [0, 0.05) is 17.8 Å². The Balaban J connectivity index is 2.53. The molecular formula is C10H15NO2. The number of hydrogen-bond donors (Lipinski definition) is 2. The molecule has 2 atom stereocenters. The summed E-state index contributed by atoms with van der Waals surface area (Å²) >= 11 is 0. The van der Waals surface area contributed by atoms with Crippen LogP contribution >= 0.6 is 0 Å². The molecule has 0 saturated heterocycles. The summed E-state index contributed by atoms with van der Waals surface area (Å²) < 4.78 is 0. The Hall–Kier alpha value is -0.930. The predicted molar refractivity (Wildman–Crippen MR) is 50.4 cm³/mol. The Morgan fingerprint density at radius 1 is 1.46 bits per heavy atom. The smallest absolute Gasteiger partial charge is 0.0777 e. The van der Waals surface area contributed by atoms with Gasteiger partial charge in [-0.2, -0.15) is 0 Å². The van der Waals surface area contributed by atoms with Crippen LogP contribution in [0.4, 0.5) is 0 Å². The van der Waals surface area contributed by atoms with Crippen LogP contribution in [0.25, 0.3) is 0 Å². The average Bonchev–Trinajstić information content (AvgIpc) is 2.19. The van der Waals surface area contributed by atoms with E-state index in [4.69, 9.17) is 5.11 Å². The fraction of sp³-hybridized carbons (Fsp3) is 0.500. The van der Waals surface area contributed by atoms with Crippen LogP contribution in [0.15, 0.2) is 24.4 Å². The summed E-state index contributed by atoms with van der Waals surface area (Å²) in [6.07, 6.45) is 1.64. The number of aliphatic hydroxyl groups excluding tert-OH is 2. The predicted octanol–water partition coefficient (Wildman–Crippen LogP) is 0.928. The fourth-order valence-corrected chi connectivity index (χ4v) is 1.27. The Labute approximate surface area is 78.1 Å². The van der Waals surface area contributed by atoms with Crippen LogP contribution in [0.5, 0.6) is 0 Å². The van der Waals surface area contributed by atoms with Gasteiger partial charge in [0.25, 0.3) is 0 Å². The first kappa shape index (κ1) is 10.2. The average molecular weight is 181 g/mol. The zero-order valence-electron chi connectivity index (χ0n) is 7.72. The molecule has 1 aromatic heterocycles. The molecule has 0 amide bonds. The lowest BCUT2D eigenvalue weighted by molar-refractivity contribution is 0.0832. The van der Waals surface area contributed by atoms with Crippen molar-refractivity contribution in [1.29, 1.82) is 0 Å². The second-order valence-corrected chi connectivity index (χ2v) is 3.23. The molecule has 13 heavy (non-hydrogen) atoms. The molecule has 0 saturated carbocycles. The van der Waals surface area contributed by atoms with Gasteiger partial charge in [0.2, 0.25) is 0 Å². The quantitative estimate of drug-likeness (QED) is 0.726. The van der Waals surface area contributed by atoms with E-state index in [1.54, 1.807) is 6.20 Å². The van der Waals surface area contributed by atoms with Crippen molar-refractivity contribution >= 4 is 0 Å². The van der Waals surface area contributed by atoms with Gasteiger partial charge in [-0.25, -0.2) is 0 Å². The van der Waals surface area contributed by atoms with Gasteiger partial charge in [-0.15, -0.1) is 0 Å². The summed E-state index contributed by atoms with van der Waals surface area (Å²) in [7, 11) is 0. The van der Waals surface area contributed by atoms with Gasteiger partial charge >= 0.3 is 0 Å². The highest BCUT2D eigenvalue weighted by atomic mass is 16.3. The lowest BCUT2D eigenvalue weighted by Gasteiger charge is -2.13. The summed E-state index contributed by atoms with van der Waals surface area (Å²) in [5, 5.41) is 17.9. The van der Waals surface area contributed by atoms with E-state index >= 15 is 0 Å². The van der Waals surface area contributed by atoms with E-state index in [1.165, 1.54) is 0 Å². The monoisotopic (exact) mass is 181 g/mol. The maximum Gasteiger partial charge on any atom is 0.0777 e. The van der Waals surface area contributed by atoms with Gasteiger partial charge in [-0.1, -0.05) is 13.0 Å². The minimum absolute atomic E-state index is 0.183. The summed E-state index contributed by atoms with van der Waals surface area (Å²) in [5.74, 6) is 0.184. The fourth-order valence-electron chi connectivity index (χ4n) is 1.27. The van der Waals surface area contributed by atoms with Crippen molar-refractivity contribution in [2.75, 3.05) is 6.61 Å². The van der Waals surface area contributed by atoms with Crippen LogP contribution in [0.2, 0.25) is 0 Å². The van der Waals surface area contributed by atoms with E-state index < -0.39 is 6.10 Å². The minimum atomic E-state index is -0.642. The summed E-state index contributed by atoms with van der Waals surface area (Å²) in [6, 6.07) is 5.71. The van der Waals surface area contributed by atoms with E-state index in [9.17, 15) is 5.11 Å². The van der Waals surface area contributed by atoms with Crippen molar-refractivity contribution in [1.82, 2.24) is 4.98 Å². The normalized spacial score (nSPS) is 15.3. The molecule has 0 aromatic carbocycles. The number of rotatable bonds is 4. The highest BCUT2D eigenvalue weighted by Gasteiger charge is 2.11. The number of pyridine rings is 1. The van der Waals surface area contributed by atoms with Crippen LogP contribution in [0.1, 0.15) is 25.0 Å². The van der Waals surface area contributed by atoms with Crippen molar-refractivity contribution in [2.24, 2.45) is 0 Å². The third-order valence-corrected chi connectivity index (χ3v) is 2.03. The SMILES string of the molecule is CC(C[C@@H](O)CO)c1ccccn1. The molecule has 0 spiro atoms. The molecule has 3 heteroatoms. The Morgan fingerprint density at radius 2 is 2.23 bits per heavy atom. The first-order chi connectivity index (χ1) is 6.24. The topological polar surface area (TPSA) is 53.4 Å². The number of nitrogens with zero attached hydrogens (tertiary/aromatic N) is 1. The molecule has 0 fully saturated rings. The standard InChI is InChI=1S/C10H15NO2/c1-8(6-9(13)7-12)10-4-2-3-5-11-10/h2-5,8-9,12-13H,6-7H2,1H3/t8?,9-/m1/s1. The molecule has 1 heterocycles. The summed E-state index contributed by atoms with van der Waals surface area (Å²) in [4.78, 5) is 4.17. The summed E-state index contributed by atoms with van der Waals surface area (Å²) in [5.41, 5.74) is 0.954. The maximum absolute atomic E-state index is 9.21. The lowest BCUT2D eigenvalue weighted by atomic mass is 10.00. The van der Waals surface area contributed by atoms with E-state index in [1.807, 2.05) is 25.1 Å². The van der Waals surface area contributed by atoms with E-state index in [-0.39, 0.29) is 12.5 Å². The maximum atomic E-state index is 9.21. The van der Waals surface area contributed by atoms with Gasteiger partial charge in [-0.05, 0) is 18.6 Å². The zero-order valence-corrected chi connectivity index (χ0v) is 7.72. The third-order valence-electron chi connectivity index (χ3n) is 2.03. The van der Waals surface area contributed by atoms with Gasteiger partial charge in [-0.3, -0.25) is 4.98 Å². The molecule has 0 aliphatic rings. The van der Waals surface area contributed by atoms with Crippen LogP contribution in [-0.2, 0) is 0 Å². The van der Waals surface area contributed by atoms with Crippen molar-refractivity contribution in [3.05, 3.63) is 30.1 Å². The van der Waals surface area contributed by atoms with Crippen LogP contribution in [-0.4, -0.2) is 27.9 Å². The zero-order chi connectivity index (χ0) is 9.68. The third kappa shape index (κ3) is 3.13. The molecule has 0 radical (unpaired) electrons. The largest absolute Gasteiger partial charge is 0.394 e. The van der Waals surface area contributed by atoms with Gasteiger partial charge in [0.1, 0.15) is 0 Å². The molecular weight excluding hydrogens is 166 g/mol. The molecule has 0 aliphatic heterocycles. The van der Waals surface area contributed by atoms with Gasteiger partial charge in [0.05, 0.1) is 12.7 Å². The van der Waals surface area contributed by atoms with Crippen molar-refractivity contribution < 1.29 is 10.2 Å². The number of aliphatic hydroxyl groups is 2. The second-order valence-electron chi connectivity index (χ2n) is 3.23. The highest BCUT2D eigenvalue weighted by molar-refractivity contribution is 5.08. The molecule has 0 bridgehead atoms. The van der Waals surface area contributed by atoms with Crippen molar-refractivity contribution in [3.63, 3.8) is 0 Å². The molecule has 2 N–H and O–H groups in total. The van der Waals surface area contributed by atoms with Gasteiger partial charge < -0.3 is 10.2 Å². The summed E-state index contributed by atoms with van der Waals surface area (Å²) in [6.45, 7) is 1.80. The highest BCUT2D eigenvalue weighted by Crippen LogP contribution is 2.17. The lowest BCUT2D eigenvalue weighted by Crippen LogP contribution is -2.15. The number of aromatic nitrogens is 1. The first-order valence-electron chi connectivity index (χ1n) is 4.44. The Bertz CT molecular complexity index is 238. The number of hydrogen-bond acceptors (Lipinski definition) is 3. The molecule has 72 valence electrons. The second kappa shape index (κ2) is 4.94. The molecule has 1 aromatic rings. The first-order valence-corrected chi connectivity index (χ1v) is 4.44. The van der Waals surface area contributed by atoms with Crippen LogP contribution in [0.3, 0.4) is 0 Å². The van der Waals surface area contributed by atoms with Crippen LogP contribution < -0.4 is 0 Å². The van der Waals surface area contributed by atoms with E-state index in [2.05, 4.69) is 4.98 Å². The van der Waals surface area contributed by atoms with Gasteiger partial charge in [0.15, 0.2) is 0 Å². The molecule has 3 nitrogen and oxygen atoms in total. The molecule has 1 unspecified atom stereocenters. The minimum Gasteiger partial charge on any atom is -0.394 e. The molecule has 0 aliphatic carbocycles. The van der Waals surface area contributed by atoms with Crippen LogP contribution in [0, 0.1) is 0 Å². The van der Waals surface area contributed by atoms with E-state index in [0.29, 0.717) is 6.42 Å². The van der Waals surface area contributed by atoms with E-state index in [0.717, 1.165) is 5.69 Å². The Kier molecular flexibility index (Phi) is 3.86. The molecule has 1 rings (SSSR count). The Morgan fingerprint density at radius 3 is 2.77 bits per heavy atom.